The first-order valence-corrected chi connectivity index (χ1v) is 11.5. The monoisotopic (exact) mass is 485 g/mol. The van der Waals surface area contributed by atoms with Crippen LogP contribution in [-0.2, 0) is 11.3 Å². The highest BCUT2D eigenvalue weighted by Gasteiger charge is 2.23. The molecule has 0 bridgehead atoms. The molecule has 1 heterocycles. The van der Waals surface area contributed by atoms with Crippen LogP contribution in [0.2, 0.25) is 10.0 Å². The van der Waals surface area contributed by atoms with Gasteiger partial charge in [0.1, 0.15) is 23.9 Å². The Bertz CT molecular complexity index is 1210. The first-order valence-electron chi connectivity index (χ1n) is 10.7. The van der Waals surface area contributed by atoms with Crippen molar-refractivity contribution in [2.75, 3.05) is 6.61 Å². The number of rotatable bonds is 7. The molecule has 0 saturated carbocycles. The minimum Gasteiger partial charge on any atom is -0.488 e. The Balaban J connectivity index is 1.71. The van der Waals surface area contributed by atoms with E-state index in [2.05, 4.69) is 4.98 Å². The van der Waals surface area contributed by atoms with E-state index in [0.717, 1.165) is 41.7 Å². The number of nitrogens with zero attached hydrogens (tertiary/aromatic N) is 1. The van der Waals surface area contributed by atoms with Crippen molar-refractivity contribution in [3.63, 3.8) is 0 Å². The van der Waals surface area contributed by atoms with Crippen molar-refractivity contribution in [2.24, 2.45) is 0 Å². The van der Waals surface area contributed by atoms with Gasteiger partial charge in [0.05, 0.1) is 17.3 Å². The zero-order valence-corrected chi connectivity index (χ0v) is 19.5. The van der Waals surface area contributed by atoms with Crippen LogP contribution in [0.1, 0.15) is 53.5 Å². The minimum absolute atomic E-state index is 0.0145. The standard InChI is InChI=1S/C26H22Cl2FNO3/c1-2-32-26(31)24-11-5-10-23(30-24)18-7-3-6-17(18)19-14-16(27)12-13-25(19)33-15-20-21(28)8-4-9-22(20)29/h4-5,8-14H,2-3,6-7,15H2,1H3. The van der Waals surface area contributed by atoms with E-state index < -0.39 is 11.8 Å². The van der Waals surface area contributed by atoms with E-state index >= 15 is 0 Å². The van der Waals surface area contributed by atoms with E-state index in [4.69, 9.17) is 32.7 Å². The fourth-order valence-electron chi connectivity index (χ4n) is 3.93. The number of allylic oxidation sites excluding steroid dienone is 2. The van der Waals surface area contributed by atoms with Gasteiger partial charge in [-0.3, -0.25) is 0 Å². The largest absolute Gasteiger partial charge is 0.488 e. The smallest absolute Gasteiger partial charge is 0.356 e. The minimum atomic E-state index is -0.451. The Morgan fingerprint density at radius 2 is 1.85 bits per heavy atom. The molecule has 3 aromatic rings. The van der Waals surface area contributed by atoms with Crippen molar-refractivity contribution in [2.45, 2.75) is 32.8 Å². The quantitative estimate of drug-likeness (QED) is 0.327. The molecule has 0 saturated heterocycles. The summed E-state index contributed by atoms with van der Waals surface area (Å²) in [5.74, 6) is -0.290. The molecule has 170 valence electrons. The molecule has 0 radical (unpaired) electrons. The highest BCUT2D eigenvalue weighted by Crippen LogP contribution is 2.43. The predicted octanol–water partition coefficient (Wildman–Crippen LogP) is 7.38. The maximum absolute atomic E-state index is 14.2. The summed E-state index contributed by atoms with van der Waals surface area (Å²) < 4.78 is 25.3. The van der Waals surface area contributed by atoms with Crippen LogP contribution in [0.5, 0.6) is 5.75 Å². The summed E-state index contributed by atoms with van der Waals surface area (Å²) in [6, 6.07) is 15.2. The summed E-state index contributed by atoms with van der Waals surface area (Å²) in [6.07, 6.45) is 2.54. The molecular formula is C26H22Cl2FNO3. The molecule has 0 N–H and O–H groups in total. The Morgan fingerprint density at radius 1 is 1.06 bits per heavy atom. The Kier molecular flexibility index (Phi) is 7.31. The van der Waals surface area contributed by atoms with Crippen molar-refractivity contribution in [1.82, 2.24) is 4.98 Å². The SMILES string of the molecule is CCOC(=O)c1cccc(C2=C(c3cc(Cl)ccc3OCc3c(F)cccc3Cl)CCC2)n1. The molecule has 0 amide bonds. The summed E-state index contributed by atoms with van der Waals surface area (Å²) in [5, 5.41) is 0.875. The average molecular weight is 486 g/mol. The highest BCUT2D eigenvalue weighted by atomic mass is 35.5. The number of aromatic nitrogens is 1. The molecule has 0 fully saturated rings. The number of pyridine rings is 1. The second-order valence-electron chi connectivity index (χ2n) is 7.57. The lowest BCUT2D eigenvalue weighted by Crippen LogP contribution is -2.08. The number of ether oxygens (including phenoxy) is 2. The zero-order valence-electron chi connectivity index (χ0n) is 18.0. The van der Waals surface area contributed by atoms with Gasteiger partial charge in [0, 0.05) is 16.1 Å². The van der Waals surface area contributed by atoms with Crippen LogP contribution in [0.3, 0.4) is 0 Å². The molecule has 33 heavy (non-hydrogen) atoms. The van der Waals surface area contributed by atoms with Crippen molar-refractivity contribution < 1.29 is 18.7 Å². The number of carbonyl (C=O) groups excluding carboxylic acids is 1. The van der Waals surface area contributed by atoms with Crippen molar-refractivity contribution in [1.29, 1.82) is 0 Å². The Labute approximate surface area is 202 Å². The van der Waals surface area contributed by atoms with Gasteiger partial charge >= 0.3 is 5.97 Å². The van der Waals surface area contributed by atoms with Gasteiger partial charge < -0.3 is 9.47 Å². The third-order valence-corrected chi connectivity index (χ3v) is 6.05. The number of benzene rings is 2. The molecule has 4 rings (SSSR count). The molecule has 2 aromatic carbocycles. The second kappa shape index (κ2) is 10.4. The summed E-state index contributed by atoms with van der Waals surface area (Å²) in [6.45, 7) is 2.03. The number of halogens is 3. The van der Waals surface area contributed by atoms with Crippen LogP contribution in [0.4, 0.5) is 4.39 Å². The fourth-order valence-corrected chi connectivity index (χ4v) is 4.32. The first kappa shape index (κ1) is 23.3. The van der Waals surface area contributed by atoms with E-state index in [1.807, 2.05) is 12.1 Å². The second-order valence-corrected chi connectivity index (χ2v) is 8.41. The molecule has 1 aromatic heterocycles. The van der Waals surface area contributed by atoms with E-state index in [1.54, 1.807) is 43.3 Å². The van der Waals surface area contributed by atoms with Gasteiger partial charge in [-0.05, 0) is 79.8 Å². The lowest BCUT2D eigenvalue weighted by Gasteiger charge is -2.16. The van der Waals surface area contributed by atoms with Crippen LogP contribution < -0.4 is 4.74 Å². The number of esters is 1. The van der Waals surface area contributed by atoms with E-state index in [-0.39, 0.29) is 18.9 Å². The van der Waals surface area contributed by atoms with Gasteiger partial charge in [0.25, 0.3) is 0 Å². The number of hydrogen-bond donors (Lipinski definition) is 0. The maximum Gasteiger partial charge on any atom is 0.356 e. The Hall–Kier alpha value is -2.89. The molecule has 0 atom stereocenters. The fraction of sp³-hybridized carbons (Fsp3) is 0.231. The summed E-state index contributed by atoms with van der Waals surface area (Å²) in [4.78, 5) is 16.7. The van der Waals surface area contributed by atoms with Gasteiger partial charge in [-0.25, -0.2) is 14.2 Å². The molecule has 1 aliphatic rings. The average Bonchev–Trinajstić information content (AvgIpc) is 3.29. The molecule has 1 aliphatic carbocycles. The lowest BCUT2D eigenvalue weighted by molar-refractivity contribution is 0.0519. The zero-order chi connectivity index (χ0) is 23.4. The summed E-state index contributed by atoms with van der Waals surface area (Å²) >= 11 is 12.5. The molecule has 0 aliphatic heterocycles. The number of hydrogen-bond acceptors (Lipinski definition) is 4. The van der Waals surface area contributed by atoms with E-state index in [1.165, 1.54) is 6.07 Å². The topological polar surface area (TPSA) is 48.4 Å². The van der Waals surface area contributed by atoms with Gasteiger partial charge in [-0.1, -0.05) is 35.3 Å². The molecular weight excluding hydrogens is 464 g/mol. The van der Waals surface area contributed by atoms with Crippen LogP contribution in [0.15, 0.2) is 54.6 Å². The summed E-state index contributed by atoms with van der Waals surface area (Å²) in [7, 11) is 0. The van der Waals surface area contributed by atoms with E-state index in [0.29, 0.717) is 21.4 Å². The number of carbonyl (C=O) groups is 1. The normalized spacial score (nSPS) is 13.3. The van der Waals surface area contributed by atoms with Gasteiger partial charge in [-0.2, -0.15) is 0 Å². The molecule has 0 unspecified atom stereocenters. The highest BCUT2D eigenvalue weighted by molar-refractivity contribution is 6.31. The van der Waals surface area contributed by atoms with Crippen molar-refractivity contribution in [3.05, 3.63) is 93.0 Å². The summed E-state index contributed by atoms with van der Waals surface area (Å²) in [5.41, 5.74) is 4.18. The maximum atomic E-state index is 14.2. The Morgan fingerprint density at radius 3 is 2.64 bits per heavy atom. The third kappa shape index (κ3) is 5.21. The molecule has 4 nitrogen and oxygen atoms in total. The van der Waals surface area contributed by atoms with Crippen LogP contribution >= 0.6 is 23.2 Å². The van der Waals surface area contributed by atoms with Gasteiger partial charge in [-0.15, -0.1) is 0 Å². The van der Waals surface area contributed by atoms with E-state index in [9.17, 15) is 9.18 Å². The lowest BCUT2D eigenvalue weighted by atomic mass is 9.99. The first-order chi connectivity index (χ1) is 16.0. The van der Waals surface area contributed by atoms with Gasteiger partial charge in [0.2, 0.25) is 0 Å². The van der Waals surface area contributed by atoms with Crippen LogP contribution in [0, 0.1) is 5.82 Å². The van der Waals surface area contributed by atoms with Gasteiger partial charge in [0.15, 0.2) is 0 Å². The van der Waals surface area contributed by atoms with Crippen molar-refractivity contribution in [3.8, 4) is 5.75 Å². The van der Waals surface area contributed by atoms with Crippen LogP contribution in [0.25, 0.3) is 11.1 Å². The molecule has 7 heteroatoms. The van der Waals surface area contributed by atoms with Crippen LogP contribution in [-0.4, -0.2) is 17.6 Å². The predicted molar refractivity (Wildman–Crippen MR) is 128 cm³/mol. The van der Waals surface area contributed by atoms with Crippen molar-refractivity contribution >= 4 is 40.3 Å². The molecule has 0 spiro atoms. The third-order valence-electron chi connectivity index (χ3n) is 5.46.